The summed E-state index contributed by atoms with van der Waals surface area (Å²) in [4.78, 5) is 25.2. The Labute approximate surface area is 126 Å². The predicted molar refractivity (Wildman–Crippen MR) is 78.0 cm³/mol. The number of unbranched alkanes of at least 4 members (excludes halogenated alkanes) is 1. The minimum absolute atomic E-state index is 0.0100. The molecule has 2 rings (SSSR count). The molecule has 0 aromatic carbocycles. The molecule has 6 heteroatoms. The lowest BCUT2D eigenvalue weighted by Gasteiger charge is -2.10. The molecule has 0 aliphatic carbocycles. The van der Waals surface area contributed by atoms with Gasteiger partial charge in [0.25, 0.3) is 5.56 Å². The highest BCUT2D eigenvalue weighted by Gasteiger charge is 2.12. The molecular formula is C14H21N3O3. The van der Waals surface area contributed by atoms with E-state index in [0.29, 0.717) is 4.57 Å². The molecular weight excluding hydrogens is 258 g/mol. The first-order valence-corrected chi connectivity index (χ1v) is 6.22. The average molecular weight is 286 g/mol. The molecule has 20 heavy (non-hydrogen) atoms. The van der Waals surface area contributed by atoms with Gasteiger partial charge >= 0.3 is 5.69 Å². The maximum absolute atomic E-state index is 12.6. The van der Waals surface area contributed by atoms with Crippen LogP contribution in [0.4, 0.5) is 0 Å². The third-order valence-corrected chi connectivity index (χ3v) is 3.19. The number of aryl methyl sites for hydroxylation is 2. The number of hydrogen-bond donors (Lipinski definition) is 1. The van der Waals surface area contributed by atoms with Gasteiger partial charge in [0.05, 0.1) is 12.8 Å². The lowest BCUT2D eigenvalue weighted by Crippen LogP contribution is -2.39. The van der Waals surface area contributed by atoms with E-state index in [9.17, 15) is 14.7 Å². The highest BCUT2D eigenvalue weighted by molar-refractivity contribution is 5.75. The van der Waals surface area contributed by atoms with Gasteiger partial charge in [-0.1, -0.05) is 0 Å². The van der Waals surface area contributed by atoms with Gasteiger partial charge in [-0.2, -0.15) is 0 Å². The summed E-state index contributed by atoms with van der Waals surface area (Å²) in [6.45, 7) is -5.82. The topological polar surface area (TPSA) is 69.2 Å². The Balaban J connectivity index is 2.35. The third kappa shape index (κ3) is 2.56. The quantitative estimate of drug-likeness (QED) is 0.818. The number of rotatable bonds is 5. The fourth-order valence-corrected chi connectivity index (χ4v) is 2.17. The second-order valence-corrected chi connectivity index (χ2v) is 4.64. The van der Waals surface area contributed by atoms with Crippen molar-refractivity contribution in [3.63, 3.8) is 0 Å². The first kappa shape index (κ1) is 7.83. The maximum Gasteiger partial charge on any atom is 0.332 e. The first-order valence-electron chi connectivity index (χ1n) is 9.72. The molecule has 6 nitrogen and oxygen atoms in total. The fraction of sp³-hybridized carbons (Fsp3) is 0.571. The molecule has 0 aliphatic rings. The molecule has 0 saturated carbocycles. The number of hydrogen-bond acceptors (Lipinski definition) is 3. The fourth-order valence-electron chi connectivity index (χ4n) is 2.17. The monoisotopic (exact) mass is 286 g/mol. The maximum atomic E-state index is 12.6. The van der Waals surface area contributed by atoms with Crippen molar-refractivity contribution < 1.29 is 14.7 Å². The largest absolute Gasteiger partial charge is 0.393 e. The molecule has 2 heterocycles. The Kier molecular flexibility index (Phi) is 2.22. The zero-order valence-corrected chi connectivity index (χ0v) is 11.1. The van der Waals surface area contributed by atoms with E-state index in [1.807, 2.05) is 0 Å². The Morgan fingerprint density at radius 3 is 2.95 bits per heavy atom. The summed E-state index contributed by atoms with van der Waals surface area (Å²) in [6.07, 6.45) is -1.34. The van der Waals surface area contributed by atoms with Gasteiger partial charge in [0.15, 0.2) is 0 Å². The van der Waals surface area contributed by atoms with Crippen molar-refractivity contribution in [1.82, 2.24) is 13.7 Å². The van der Waals surface area contributed by atoms with Crippen LogP contribution in [0.2, 0.25) is 0 Å². The average Bonchev–Trinajstić information content (AvgIpc) is 2.86. The van der Waals surface area contributed by atoms with Gasteiger partial charge in [0.2, 0.25) is 0 Å². The van der Waals surface area contributed by atoms with Gasteiger partial charge in [-0.3, -0.25) is 13.9 Å². The van der Waals surface area contributed by atoms with Crippen molar-refractivity contribution in [2.45, 2.75) is 38.7 Å². The van der Waals surface area contributed by atoms with Gasteiger partial charge in [0, 0.05) is 35.0 Å². The minimum Gasteiger partial charge on any atom is -0.393 e. The molecule has 1 unspecified atom stereocenters. The van der Waals surface area contributed by atoms with Crippen LogP contribution in [0.25, 0.3) is 11.0 Å². The Bertz CT molecular complexity index is 950. The number of aromatic nitrogens is 3. The molecule has 1 atom stereocenters. The molecule has 0 radical (unpaired) electrons. The first-order chi connectivity index (χ1) is 12.2. The van der Waals surface area contributed by atoms with E-state index < -0.39 is 31.2 Å². The van der Waals surface area contributed by atoms with Gasteiger partial charge in [0.1, 0.15) is 5.65 Å². The second-order valence-electron chi connectivity index (χ2n) is 4.64. The number of fused-ring (bicyclic) bond motifs is 1. The van der Waals surface area contributed by atoms with Crippen LogP contribution in [0.15, 0.2) is 21.9 Å². The number of aliphatic hydroxyl groups is 1. The van der Waals surface area contributed by atoms with Gasteiger partial charge in [-0.25, -0.2) is 4.79 Å². The smallest absolute Gasteiger partial charge is 0.332 e. The van der Waals surface area contributed by atoms with E-state index in [1.54, 1.807) is 0 Å². The number of nitrogens with zero attached hydrogens (tertiary/aromatic N) is 3. The summed E-state index contributed by atoms with van der Waals surface area (Å²) >= 11 is 0. The highest BCUT2D eigenvalue weighted by Crippen LogP contribution is 2.07. The van der Waals surface area contributed by atoms with Crippen molar-refractivity contribution >= 4 is 11.0 Å². The Morgan fingerprint density at radius 1 is 1.45 bits per heavy atom. The van der Waals surface area contributed by atoms with Crippen molar-refractivity contribution in [2.24, 2.45) is 14.0 Å². The molecule has 0 amide bonds. The molecule has 0 spiro atoms. The summed E-state index contributed by atoms with van der Waals surface area (Å²) in [5, 5.41) is 9.72. The standard InChI is InChI=1S/C14H21N3O3/c1-10(18)6-4-5-8-17-13(19)11-7-9-15(2)12(11)16(3)14(17)20/h7,9-10,18H,4-6,8H2,1-3H3/i1D3,3D3,10D. The highest BCUT2D eigenvalue weighted by atomic mass is 16.3. The SMILES string of the molecule is [2H]C([2H])([2H])n1c(=O)n(CCCCC([2H])(O)C([2H])([2H])[2H])c(=O)c2ccn(C)c21. The van der Waals surface area contributed by atoms with E-state index in [-0.39, 0.29) is 36.8 Å². The summed E-state index contributed by atoms with van der Waals surface area (Å²) in [5.41, 5.74) is -1.65. The van der Waals surface area contributed by atoms with Crippen molar-refractivity contribution in [1.29, 1.82) is 0 Å². The summed E-state index contributed by atoms with van der Waals surface area (Å²) in [5.74, 6) is 0. The normalized spacial score (nSPS) is 21.0. The van der Waals surface area contributed by atoms with Crippen LogP contribution in [-0.4, -0.2) is 24.9 Å². The molecule has 0 bridgehead atoms. The molecule has 2 aromatic heterocycles. The van der Waals surface area contributed by atoms with Crippen molar-refractivity contribution in [3.05, 3.63) is 33.1 Å². The van der Waals surface area contributed by atoms with Crippen LogP contribution in [0.5, 0.6) is 0 Å². The third-order valence-electron chi connectivity index (χ3n) is 3.19. The van der Waals surface area contributed by atoms with Crippen LogP contribution in [0, 0.1) is 0 Å². The van der Waals surface area contributed by atoms with Crippen LogP contribution in [0.1, 0.15) is 35.7 Å². The van der Waals surface area contributed by atoms with Gasteiger partial charge in [-0.15, -0.1) is 0 Å². The Hall–Kier alpha value is -1.82. The summed E-state index contributed by atoms with van der Waals surface area (Å²) in [7, 11) is 1.53. The van der Waals surface area contributed by atoms with Crippen molar-refractivity contribution in [3.8, 4) is 0 Å². The Morgan fingerprint density at radius 2 is 2.25 bits per heavy atom. The lowest BCUT2D eigenvalue weighted by atomic mass is 10.2. The molecule has 110 valence electrons. The lowest BCUT2D eigenvalue weighted by molar-refractivity contribution is 0.180. The van der Waals surface area contributed by atoms with E-state index in [1.165, 1.54) is 23.9 Å². The van der Waals surface area contributed by atoms with Crippen LogP contribution >= 0.6 is 0 Å². The van der Waals surface area contributed by atoms with E-state index in [0.717, 1.165) is 4.57 Å². The van der Waals surface area contributed by atoms with Gasteiger partial charge < -0.3 is 9.67 Å². The zero-order chi connectivity index (χ0) is 20.8. The summed E-state index contributed by atoms with van der Waals surface area (Å²) in [6, 6.07) is 1.42. The van der Waals surface area contributed by atoms with Crippen LogP contribution in [0.3, 0.4) is 0 Å². The second kappa shape index (κ2) is 5.66. The molecule has 0 fully saturated rings. The van der Waals surface area contributed by atoms with Crippen LogP contribution < -0.4 is 11.2 Å². The molecule has 1 N–H and O–H groups in total. The van der Waals surface area contributed by atoms with Crippen LogP contribution in [-0.2, 0) is 20.6 Å². The van der Waals surface area contributed by atoms with Gasteiger partial charge in [-0.05, 0) is 32.2 Å². The predicted octanol–water partition coefficient (Wildman–Crippen LogP) is 0.590. The minimum atomic E-state index is -2.87. The molecule has 2 aromatic rings. The van der Waals surface area contributed by atoms with E-state index in [2.05, 4.69) is 0 Å². The van der Waals surface area contributed by atoms with E-state index >= 15 is 0 Å². The molecule has 0 saturated heterocycles. The molecule has 0 aliphatic heterocycles. The van der Waals surface area contributed by atoms with E-state index in [4.69, 9.17) is 9.60 Å². The van der Waals surface area contributed by atoms with Crippen molar-refractivity contribution in [2.75, 3.05) is 0 Å². The zero-order valence-electron chi connectivity index (χ0n) is 18.1. The summed E-state index contributed by atoms with van der Waals surface area (Å²) < 4.78 is 54.4.